The largest absolute Gasteiger partial charge is 0.508 e. The lowest BCUT2D eigenvalue weighted by Gasteiger charge is -2.32. The summed E-state index contributed by atoms with van der Waals surface area (Å²) in [7, 11) is 1.60. The third-order valence-corrected chi connectivity index (χ3v) is 6.10. The van der Waals surface area contributed by atoms with Crippen molar-refractivity contribution in [3.8, 4) is 5.75 Å². The van der Waals surface area contributed by atoms with E-state index in [1.807, 2.05) is 0 Å². The first-order valence-electron chi connectivity index (χ1n) is 8.64. The Balaban J connectivity index is 2.20. The Labute approximate surface area is 163 Å². The highest BCUT2D eigenvalue weighted by molar-refractivity contribution is 6.42. The molecule has 5 N–H and O–H groups in total. The fourth-order valence-corrected chi connectivity index (χ4v) is 4.32. The summed E-state index contributed by atoms with van der Waals surface area (Å²) >= 11 is 12.0. The van der Waals surface area contributed by atoms with Crippen LogP contribution in [-0.4, -0.2) is 52.4 Å². The topological polar surface area (TPSA) is 107 Å². The van der Waals surface area contributed by atoms with Crippen LogP contribution < -0.4 is 5.73 Å². The molecule has 0 aliphatic heterocycles. The van der Waals surface area contributed by atoms with Crippen LogP contribution in [0.4, 0.5) is 0 Å². The number of aliphatic hydroxyl groups is 2. The summed E-state index contributed by atoms with van der Waals surface area (Å²) in [6.07, 6.45) is 0.425. The lowest BCUT2D eigenvalue weighted by Crippen LogP contribution is -2.42. The number of phenolic OH excluding ortho intramolecular Hbond substituents is 1. The molecule has 0 bridgehead atoms. The van der Waals surface area contributed by atoms with Crippen molar-refractivity contribution in [2.75, 3.05) is 20.2 Å². The first kappa shape index (κ1) is 21.3. The number of phenols is 1. The number of benzene rings is 1. The van der Waals surface area contributed by atoms with Gasteiger partial charge in [0.1, 0.15) is 5.75 Å². The molecule has 5 unspecified atom stereocenters. The van der Waals surface area contributed by atoms with Gasteiger partial charge in [-0.05, 0) is 30.2 Å². The first-order chi connectivity index (χ1) is 12.2. The second-order valence-electron chi connectivity index (χ2n) is 7.16. The average Bonchev–Trinajstić information content (AvgIpc) is 2.96. The van der Waals surface area contributed by atoms with Crippen LogP contribution in [0.5, 0.6) is 5.75 Å². The molecule has 1 aromatic carbocycles. The van der Waals surface area contributed by atoms with Gasteiger partial charge in [0.05, 0.1) is 16.7 Å². The molecule has 26 heavy (non-hydrogen) atoms. The molecule has 0 saturated heterocycles. The maximum absolute atomic E-state index is 12.0. The van der Waals surface area contributed by atoms with Crippen LogP contribution in [0.2, 0.25) is 10.0 Å². The Morgan fingerprint density at radius 3 is 2.58 bits per heavy atom. The minimum absolute atomic E-state index is 0.00452. The minimum atomic E-state index is -1.41. The van der Waals surface area contributed by atoms with Gasteiger partial charge in [-0.25, -0.2) is 0 Å². The first-order valence-corrected chi connectivity index (χ1v) is 9.40. The molecule has 2 rings (SSSR count). The van der Waals surface area contributed by atoms with Crippen molar-refractivity contribution in [1.82, 2.24) is 4.90 Å². The van der Waals surface area contributed by atoms with Crippen molar-refractivity contribution in [2.24, 2.45) is 23.5 Å². The zero-order valence-electron chi connectivity index (χ0n) is 14.9. The molecular formula is C18H26Cl2N2O4. The van der Waals surface area contributed by atoms with Crippen LogP contribution in [0, 0.1) is 17.8 Å². The minimum Gasteiger partial charge on any atom is -0.508 e. The molecule has 1 saturated carbocycles. The van der Waals surface area contributed by atoms with E-state index >= 15 is 0 Å². The highest BCUT2D eigenvalue weighted by Gasteiger charge is 2.40. The maximum atomic E-state index is 12.0. The monoisotopic (exact) mass is 404 g/mol. The Morgan fingerprint density at radius 1 is 1.35 bits per heavy atom. The molecule has 1 fully saturated rings. The van der Waals surface area contributed by atoms with Crippen LogP contribution in [0.25, 0.3) is 0 Å². The number of carbonyl (C=O) groups is 1. The van der Waals surface area contributed by atoms with Crippen LogP contribution in [0.1, 0.15) is 31.4 Å². The summed E-state index contributed by atoms with van der Waals surface area (Å²) in [4.78, 5) is 13.5. The predicted molar refractivity (Wildman–Crippen MR) is 101 cm³/mol. The van der Waals surface area contributed by atoms with Crippen LogP contribution >= 0.6 is 23.2 Å². The van der Waals surface area contributed by atoms with Crippen molar-refractivity contribution in [3.63, 3.8) is 0 Å². The van der Waals surface area contributed by atoms with E-state index < -0.39 is 24.7 Å². The van der Waals surface area contributed by atoms with E-state index in [1.165, 1.54) is 11.0 Å². The summed E-state index contributed by atoms with van der Waals surface area (Å²) in [5.74, 6) is -0.0786. The van der Waals surface area contributed by atoms with E-state index in [0.717, 1.165) is 12.8 Å². The quantitative estimate of drug-likeness (QED) is 0.581. The molecule has 0 heterocycles. The second-order valence-corrected chi connectivity index (χ2v) is 7.97. The van der Waals surface area contributed by atoms with Crippen molar-refractivity contribution in [2.45, 2.75) is 31.9 Å². The van der Waals surface area contributed by atoms with Gasteiger partial charge < -0.3 is 26.0 Å². The predicted octanol–water partition coefficient (Wildman–Crippen LogP) is 2.17. The molecule has 1 aromatic rings. The average molecular weight is 405 g/mol. The Morgan fingerprint density at radius 2 is 1.96 bits per heavy atom. The van der Waals surface area contributed by atoms with Gasteiger partial charge in [0.25, 0.3) is 5.91 Å². The second kappa shape index (κ2) is 8.76. The van der Waals surface area contributed by atoms with Gasteiger partial charge in [-0.15, -0.1) is 0 Å². The summed E-state index contributed by atoms with van der Waals surface area (Å²) in [6, 6.07) is 2.52. The van der Waals surface area contributed by atoms with E-state index in [2.05, 4.69) is 6.92 Å². The number of carbonyl (C=O) groups excluding carboxylic acids is 1. The molecule has 0 spiro atoms. The SMILES string of the molecule is CC1CCC(CN(C)C(=O)C(O)CO)C1C(N)c1cc(Cl)c(Cl)cc1O. The molecule has 0 radical (unpaired) electrons. The number of nitrogens with two attached hydrogens (primary N) is 1. The third-order valence-electron chi connectivity index (χ3n) is 5.38. The summed E-state index contributed by atoms with van der Waals surface area (Å²) in [6.45, 7) is 1.91. The van der Waals surface area contributed by atoms with Crippen molar-refractivity contribution in [1.29, 1.82) is 0 Å². The number of hydrogen-bond acceptors (Lipinski definition) is 5. The van der Waals surface area contributed by atoms with Crippen molar-refractivity contribution in [3.05, 3.63) is 27.7 Å². The van der Waals surface area contributed by atoms with E-state index in [0.29, 0.717) is 23.0 Å². The van der Waals surface area contributed by atoms with E-state index in [9.17, 15) is 15.0 Å². The summed E-state index contributed by atoms with van der Waals surface area (Å²) in [5.41, 5.74) is 7.02. The standard InChI is InChI=1S/C18H26Cl2N2O4/c1-9-3-4-10(7-22(2)18(26)15(25)8-23)16(9)17(21)11-5-12(19)13(20)6-14(11)24/h5-6,9-10,15-17,23-25H,3-4,7-8,21H2,1-2H3. The highest BCUT2D eigenvalue weighted by atomic mass is 35.5. The zero-order valence-corrected chi connectivity index (χ0v) is 16.4. The molecular weight excluding hydrogens is 379 g/mol. The van der Waals surface area contributed by atoms with E-state index in [4.69, 9.17) is 34.0 Å². The fourth-order valence-electron chi connectivity index (χ4n) is 3.99. The third kappa shape index (κ3) is 4.43. The van der Waals surface area contributed by atoms with Crippen LogP contribution in [-0.2, 0) is 4.79 Å². The Hall–Kier alpha value is -1.05. The molecule has 146 valence electrons. The molecule has 5 atom stereocenters. The van der Waals surface area contributed by atoms with E-state index in [1.54, 1.807) is 13.1 Å². The number of aliphatic hydroxyl groups excluding tert-OH is 2. The molecule has 1 amide bonds. The highest BCUT2D eigenvalue weighted by Crippen LogP contribution is 2.46. The maximum Gasteiger partial charge on any atom is 0.253 e. The van der Waals surface area contributed by atoms with Crippen LogP contribution in [0.15, 0.2) is 12.1 Å². The number of halogens is 2. The zero-order chi connectivity index (χ0) is 19.6. The number of rotatable bonds is 6. The smallest absolute Gasteiger partial charge is 0.253 e. The van der Waals surface area contributed by atoms with Crippen molar-refractivity contribution >= 4 is 29.1 Å². The molecule has 1 aliphatic rings. The normalized spacial score (nSPS) is 25.1. The number of nitrogens with zero attached hydrogens (tertiary/aromatic N) is 1. The Kier molecular flexibility index (Phi) is 7.16. The number of aromatic hydroxyl groups is 1. The van der Waals surface area contributed by atoms with E-state index in [-0.39, 0.29) is 22.6 Å². The number of amides is 1. The molecule has 6 nitrogen and oxygen atoms in total. The van der Waals surface area contributed by atoms with Gasteiger partial charge >= 0.3 is 0 Å². The van der Waals surface area contributed by atoms with Gasteiger partial charge in [0, 0.05) is 31.3 Å². The lowest BCUT2D eigenvalue weighted by atomic mass is 9.80. The molecule has 8 heteroatoms. The number of hydrogen-bond donors (Lipinski definition) is 4. The van der Waals surface area contributed by atoms with Crippen molar-refractivity contribution < 1.29 is 20.1 Å². The number of likely N-dealkylation sites (N-methyl/N-ethyl adjacent to an activating group) is 1. The van der Waals surface area contributed by atoms with Gasteiger partial charge in [-0.1, -0.05) is 36.5 Å². The van der Waals surface area contributed by atoms with Crippen LogP contribution in [0.3, 0.4) is 0 Å². The van der Waals surface area contributed by atoms with Gasteiger partial charge in [-0.3, -0.25) is 4.79 Å². The summed E-state index contributed by atoms with van der Waals surface area (Å²) in [5, 5.41) is 29.3. The molecule has 1 aliphatic carbocycles. The molecule has 0 aromatic heterocycles. The Bertz CT molecular complexity index is 658. The van der Waals surface area contributed by atoms with Gasteiger partial charge in [0.15, 0.2) is 6.10 Å². The van der Waals surface area contributed by atoms with Gasteiger partial charge in [0.2, 0.25) is 0 Å². The van der Waals surface area contributed by atoms with Gasteiger partial charge in [-0.2, -0.15) is 0 Å². The lowest BCUT2D eigenvalue weighted by molar-refractivity contribution is -0.141. The summed E-state index contributed by atoms with van der Waals surface area (Å²) < 4.78 is 0. The fraction of sp³-hybridized carbons (Fsp3) is 0.611.